The number of aliphatic hydroxyl groups is 1. The number of hydrogen-bond donors (Lipinski definition) is 3. The number of β-amino-alcohol motifs (C(OH)–C–C–N with tert-alkyl or cyclic N) is 1. The molecule has 0 radical (unpaired) electrons. The van der Waals surface area contributed by atoms with Crippen molar-refractivity contribution in [1.29, 1.82) is 0 Å². The molecule has 20 heavy (non-hydrogen) atoms. The third-order valence-electron chi connectivity index (χ3n) is 3.51. The molecule has 3 unspecified atom stereocenters. The van der Waals surface area contributed by atoms with Crippen LogP contribution in [-0.2, 0) is 4.79 Å². The van der Waals surface area contributed by atoms with E-state index in [1.165, 1.54) is 0 Å². The molecule has 1 aromatic carbocycles. The van der Waals surface area contributed by atoms with Gasteiger partial charge in [-0.1, -0.05) is 12.1 Å². The van der Waals surface area contributed by atoms with Gasteiger partial charge in [0.2, 0.25) is 0 Å². The van der Waals surface area contributed by atoms with Crippen LogP contribution in [-0.4, -0.2) is 42.9 Å². The first-order valence-corrected chi connectivity index (χ1v) is 6.96. The maximum absolute atomic E-state index is 12.0. The number of benzene rings is 1. The average Bonchev–Trinajstić information content (AvgIpc) is 2.81. The molecule has 0 saturated carbocycles. The summed E-state index contributed by atoms with van der Waals surface area (Å²) >= 11 is 0. The first kappa shape index (κ1) is 14.8. The topological polar surface area (TPSA) is 70.6 Å². The van der Waals surface area contributed by atoms with Gasteiger partial charge in [-0.15, -0.1) is 0 Å². The van der Waals surface area contributed by atoms with E-state index in [9.17, 15) is 9.90 Å². The summed E-state index contributed by atoms with van der Waals surface area (Å²) in [5, 5.41) is 15.6. The molecule has 5 heteroatoms. The molecular weight excluding hydrogens is 256 g/mol. The van der Waals surface area contributed by atoms with E-state index < -0.39 is 6.10 Å². The van der Waals surface area contributed by atoms with Crippen LogP contribution in [0.3, 0.4) is 0 Å². The second kappa shape index (κ2) is 6.72. The summed E-state index contributed by atoms with van der Waals surface area (Å²) in [7, 11) is 0. The third kappa shape index (κ3) is 3.95. The highest BCUT2D eigenvalue weighted by Gasteiger charge is 2.26. The minimum atomic E-state index is -0.552. The van der Waals surface area contributed by atoms with E-state index >= 15 is 0 Å². The molecule has 0 bridgehead atoms. The Morgan fingerprint density at radius 3 is 3.00 bits per heavy atom. The molecule has 5 nitrogen and oxygen atoms in total. The molecule has 110 valence electrons. The fraction of sp³-hybridized carbons (Fsp3) is 0.533. The fourth-order valence-electron chi connectivity index (χ4n) is 2.25. The number of aliphatic hydroxyl groups excluding tert-OH is 1. The lowest BCUT2D eigenvalue weighted by atomic mass is 10.1. The number of ether oxygens (including phenoxy) is 1. The third-order valence-corrected chi connectivity index (χ3v) is 3.51. The van der Waals surface area contributed by atoms with Crippen LogP contribution in [0.2, 0.25) is 0 Å². The molecule has 0 aliphatic carbocycles. The minimum Gasteiger partial charge on any atom is -0.481 e. The highest BCUT2D eigenvalue weighted by Crippen LogP contribution is 2.14. The summed E-state index contributed by atoms with van der Waals surface area (Å²) in [6.45, 7) is 5.49. The summed E-state index contributed by atoms with van der Waals surface area (Å²) in [5.74, 6) is 0.603. The van der Waals surface area contributed by atoms with Crippen molar-refractivity contribution in [3.05, 3.63) is 29.8 Å². The van der Waals surface area contributed by atoms with Crippen LogP contribution in [0.25, 0.3) is 0 Å². The van der Waals surface area contributed by atoms with Crippen LogP contribution in [0.1, 0.15) is 12.5 Å². The van der Waals surface area contributed by atoms with E-state index in [0.717, 1.165) is 12.1 Å². The van der Waals surface area contributed by atoms with E-state index in [4.69, 9.17) is 4.74 Å². The zero-order valence-electron chi connectivity index (χ0n) is 11.9. The number of rotatable bonds is 5. The number of nitrogens with one attached hydrogen (secondary N) is 2. The second-order valence-electron chi connectivity index (χ2n) is 5.31. The molecule has 1 heterocycles. The summed E-state index contributed by atoms with van der Waals surface area (Å²) < 4.78 is 5.61. The van der Waals surface area contributed by atoms with Gasteiger partial charge in [-0.2, -0.15) is 0 Å². The summed E-state index contributed by atoms with van der Waals surface area (Å²) in [5.41, 5.74) is 1.09. The Bertz CT molecular complexity index is 464. The SMILES string of the molecule is Cc1cccc(OC(C)C(=O)NCC2CNCC2O)c1. The number of carbonyl (C=O) groups is 1. The summed E-state index contributed by atoms with van der Waals surface area (Å²) in [6, 6.07) is 7.61. The maximum Gasteiger partial charge on any atom is 0.260 e. The van der Waals surface area contributed by atoms with Gasteiger partial charge in [-0.25, -0.2) is 0 Å². The highest BCUT2D eigenvalue weighted by molar-refractivity contribution is 5.80. The van der Waals surface area contributed by atoms with Gasteiger partial charge in [0.25, 0.3) is 5.91 Å². The zero-order chi connectivity index (χ0) is 14.5. The van der Waals surface area contributed by atoms with E-state index in [1.54, 1.807) is 6.92 Å². The first-order valence-electron chi connectivity index (χ1n) is 6.96. The molecule has 0 aromatic heterocycles. The molecule has 1 aliphatic rings. The number of amides is 1. The Kier molecular flexibility index (Phi) is 4.98. The largest absolute Gasteiger partial charge is 0.481 e. The average molecular weight is 278 g/mol. The number of carbonyl (C=O) groups excluding carboxylic acids is 1. The van der Waals surface area contributed by atoms with Crippen LogP contribution >= 0.6 is 0 Å². The maximum atomic E-state index is 12.0. The van der Waals surface area contributed by atoms with E-state index in [2.05, 4.69) is 10.6 Å². The van der Waals surface area contributed by atoms with Gasteiger partial charge >= 0.3 is 0 Å². The molecule has 1 aliphatic heterocycles. The lowest BCUT2D eigenvalue weighted by molar-refractivity contribution is -0.127. The molecule has 1 fully saturated rings. The van der Waals surface area contributed by atoms with Crippen molar-refractivity contribution in [2.75, 3.05) is 19.6 Å². The number of hydrogen-bond acceptors (Lipinski definition) is 4. The predicted molar refractivity (Wildman–Crippen MR) is 76.6 cm³/mol. The Morgan fingerprint density at radius 2 is 2.35 bits per heavy atom. The molecule has 0 spiro atoms. The lowest BCUT2D eigenvalue weighted by Crippen LogP contribution is -2.41. The van der Waals surface area contributed by atoms with E-state index in [1.807, 2.05) is 31.2 Å². The molecular formula is C15H22N2O3. The molecule has 3 atom stereocenters. The minimum absolute atomic E-state index is 0.0742. The quantitative estimate of drug-likeness (QED) is 0.732. The fourth-order valence-corrected chi connectivity index (χ4v) is 2.25. The van der Waals surface area contributed by atoms with Gasteiger partial charge in [-0.05, 0) is 31.5 Å². The molecule has 1 saturated heterocycles. The lowest BCUT2D eigenvalue weighted by Gasteiger charge is -2.18. The van der Waals surface area contributed by atoms with Crippen molar-refractivity contribution in [1.82, 2.24) is 10.6 Å². The van der Waals surface area contributed by atoms with Crippen molar-refractivity contribution in [2.24, 2.45) is 5.92 Å². The van der Waals surface area contributed by atoms with Crippen LogP contribution in [0.4, 0.5) is 0 Å². The van der Waals surface area contributed by atoms with Crippen LogP contribution in [0.5, 0.6) is 5.75 Å². The van der Waals surface area contributed by atoms with Crippen LogP contribution in [0, 0.1) is 12.8 Å². The number of aryl methyl sites for hydroxylation is 1. The zero-order valence-corrected chi connectivity index (χ0v) is 11.9. The van der Waals surface area contributed by atoms with Crippen LogP contribution in [0.15, 0.2) is 24.3 Å². The van der Waals surface area contributed by atoms with Crippen molar-refractivity contribution < 1.29 is 14.6 Å². The smallest absolute Gasteiger partial charge is 0.260 e. The highest BCUT2D eigenvalue weighted by atomic mass is 16.5. The van der Waals surface area contributed by atoms with Gasteiger partial charge in [0, 0.05) is 25.6 Å². The van der Waals surface area contributed by atoms with Gasteiger partial charge < -0.3 is 20.5 Å². The van der Waals surface area contributed by atoms with Crippen molar-refractivity contribution in [3.63, 3.8) is 0 Å². The van der Waals surface area contributed by atoms with E-state index in [-0.39, 0.29) is 17.9 Å². The normalized spacial score (nSPS) is 23.4. The second-order valence-corrected chi connectivity index (χ2v) is 5.31. The molecule has 2 rings (SSSR count). The van der Waals surface area contributed by atoms with Crippen molar-refractivity contribution in [2.45, 2.75) is 26.1 Å². The van der Waals surface area contributed by atoms with Crippen molar-refractivity contribution >= 4 is 5.91 Å². The molecule has 3 N–H and O–H groups in total. The summed E-state index contributed by atoms with van der Waals surface area (Å²) in [4.78, 5) is 12.0. The summed E-state index contributed by atoms with van der Waals surface area (Å²) in [6.07, 6.45) is -0.938. The monoisotopic (exact) mass is 278 g/mol. The van der Waals surface area contributed by atoms with Gasteiger partial charge in [0.1, 0.15) is 5.75 Å². The van der Waals surface area contributed by atoms with Gasteiger partial charge in [0.05, 0.1) is 6.10 Å². The Morgan fingerprint density at radius 1 is 1.55 bits per heavy atom. The molecule has 1 aromatic rings. The van der Waals surface area contributed by atoms with E-state index in [0.29, 0.717) is 18.8 Å². The Labute approximate surface area is 119 Å². The van der Waals surface area contributed by atoms with Crippen LogP contribution < -0.4 is 15.4 Å². The Balaban J connectivity index is 1.80. The Hall–Kier alpha value is -1.59. The first-order chi connectivity index (χ1) is 9.56. The standard InChI is InChI=1S/C15H22N2O3/c1-10-4-3-5-13(6-10)20-11(2)15(19)17-8-12-7-16-9-14(12)18/h3-6,11-12,14,16,18H,7-9H2,1-2H3,(H,17,19). The van der Waals surface area contributed by atoms with Crippen molar-refractivity contribution in [3.8, 4) is 5.75 Å². The van der Waals surface area contributed by atoms with Gasteiger partial charge in [-0.3, -0.25) is 4.79 Å². The predicted octanol–water partition coefficient (Wildman–Crippen LogP) is 0.459. The van der Waals surface area contributed by atoms with Gasteiger partial charge in [0.15, 0.2) is 6.10 Å². The molecule has 1 amide bonds.